The number of carbonyl (C=O) groups is 2. The van der Waals surface area contributed by atoms with Crippen LogP contribution < -0.4 is 16.0 Å². The third kappa shape index (κ3) is 6.35. The molecule has 3 rings (SSSR count). The van der Waals surface area contributed by atoms with Crippen LogP contribution in [0.15, 0.2) is 71.4 Å². The number of nitrogens with one attached hydrogen (secondary N) is 1. The van der Waals surface area contributed by atoms with Gasteiger partial charge >= 0.3 is 0 Å². The molecule has 0 aliphatic heterocycles. The van der Waals surface area contributed by atoms with Crippen LogP contribution in [0.5, 0.6) is 0 Å². The van der Waals surface area contributed by atoms with E-state index in [1.807, 2.05) is 38.1 Å². The highest BCUT2D eigenvalue weighted by Gasteiger charge is 2.29. The Morgan fingerprint density at radius 1 is 1.09 bits per heavy atom. The largest absolute Gasteiger partial charge is 0.356 e. The third-order valence-corrected chi connectivity index (χ3v) is 5.66. The fourth-order valence-electron chi connectivity index (χ4n) is 3.34. The second-order valence-electron chi connectivity index (χ2n) is 7.92. The molecular formula is C24H26Cl2N4O3. The molecule has 174 valence electrons. The van der Waals surface area contributed by atoms with E-state index in [9.17, 15) is 9.59 Å². The van der Waals surface area contributed by atoms with Crippen molar-refractivity contribution in [3.63, 3.8) is 0 Å². The maximum absolute atomic E-state index is 12.9. The fourth-order valence-corrected chi connectivity index (χ4v) is 3.57. The van der Waals surface area contributed by atoms with E-state index < -0.39 is 22.8 Å². The summed E-state index contributed by atoms with van der Waals surface area (Å²) in [5.41, 5.74) is 8.16. The van der Waals surface area contributed by atoms with Gasteiger partial charge in [-0.15, -0.1) is 0 Å². The molecule has 3 N–H and O–H groups in total. The van der Waals surface area contributed by atoms with Crippen molar-refractivity contribution in [2.45, 2.75) is 30.8 Å². The maximum Gasteiger partial charge on any atom is 0.260 e. The summed E-state index contributed by atoms with van der Waals surface area (Å²) in [5, 5.41) is 6.70. The Kier molecular flexibility index (Phi) is 8.49. The number of nitrogens with two attached hydrogens (primary N) is 1. The Balaban J connectivity index is 1.85. The quantitative estimate of drug-likeness (QED) is 0.436. The van der Waals surface area contributed by atoms with E-state index in [0.29, 0.717) is 17.0 Å². The normalized spacial score (nSPS) is 13.1. The molecule has 0 radical (unpaired) electrons. The van der Waals surface area contributed by atoms with Crippen molar-refractivity contribution >= 4 is 40.7 Å². The molecular weight excluding hydrogens is 463 g/mol. The first-order valence-electron chi connectivity index (χ1n) is 10.5. The molecule has 0 aliphatic carbocycles. The van der Waals surface area contributed by atoms with Crippen molar-refractivity contribution in [1.82, 2.24) is 10.5 Å². The summed E-state index contributed by atoms with van der Waals surface area (Å²) in [6, 6.07) is 16.8. The monoisotopic (exact) mass is 488 g/mol. The lowest BCUT2D eigenvalue weighted by Gasteiger charge is -2.31. The molecule has 1 aromatic heterocycles. The Labute approximate surface area is 202 Å². The topological polar surface area (TPSA) is 101 Å². The van der Waals surface area contributed by atoms with Gasteiger partial charge in [-0.05, 0) is 23.6 Å². The minimum absolute atomic E-state index is 0.00576. The molecule has 0 aliphatic rings. The van der Waals surface area contributed by atoms with Crippen LogP contribution in [-0.4, -0.2) is 34.4 Å². The van der Waals surface area contributed by atoms with E-state index in [-0.39, 0.29) is 18.4 Å². The van der Waals surface area contributed by atoms with Crippen molar-refractivity contribution in [2.75, 3.05) is 11.4 Å². The van der Waals surface area contributed by atoms with E-state index in [1.54, 1.807) is 42.6 Å². The number of aromatic nitrogens is 1. The minimum atomic E-state index is -1.27. The zero-order chi connectivity index (χ0) is 24.0. The van der Waals surface area contributed by atoms with E-state index in [4.69, 9.17) is 33.5 Å². The minimum Gasteiger partial charge on any atom is -0.356 e. The van der Waals surface area contributed by atoms with Gasteiger partial charge in [0.1, 0.15) is 6.04 Å². The number of benzene rings is 2. The van der Waals surface area contributed by atoms with Crippen LogP contribution in [0.25, 0.3) is 11.3 Å². The van der Waals surface area contributed by atoms with Crippen molar-refractivity contribution < 1.29 is 14.1 Å². The van der Waals surface area contributed by atoms with Crippen molar-refractivity contribution in [3.8, 4) is 11.3 Å². The molecule has 0 bridgehead atoms. The standard InChI is InChI=1S/C24H26Cl2N4O3/c1-15(2)19(29-23(31)21(27)16-7-4-3-5-8-16)14-30(24(32)22(25)26)18-10-6-9-17(13-18)20-11-12-28-33-20/h3-13,15,19,21-22H,14,27H2,1-2H3,(H,29,31)/t19-,21-/m1/s1. The van der Waals surface area contributed by atoms with Gasteiger partial charge in [0.15, 0.2) is 10.6 Å². The number of carbonyl (C=O) groups excluding carboxylic acids is 2. The molecule has 2 amide bonds. The second-order valence-corrected chi connectivity index (χ2v) is 9.02. The lowest BCUT2D eigenvalue weighted by Crippen LogP contribution is -2.51. The number of rotatable bonds is 9. The number of alkyl halides is 2. The number of nitrogens with zero attached hydrogens (tertiary/aromatic N) is 2. The number of anilines is 1. The molecule has 33 heavy (non-hydrogen) atoms. The summed E-state index contributed by atoms with van der Waals surface area (Å²) in [4.78, 5) is 26.0. The lowest BCUT2D eigenvalue weighted by molar-refractivity contribution is -0.124. The van der Waals surface area contributed by atoms with Gasteiger partial charge in [-0.1, -0.05) is 84.7 Å². The molecule has 0 fully saturated rings. The van der Waals surface area contributed by atoms with Crippen LogP contribution in [0.3, 0.4) is 0 Å². The van der Waals surface area contributed by atoms with E-state index in [1.165, 1.54) is 4.90 Å². The highest BCUT2D eigenvalue weighted by atomic mass is 35.5. The summed E-state index contributed by atoms with van der Waals surface area (Å²) >= 11 is 11.9. The first kappa shape index (κ1) is 24.8. The SMILES string of the molecule is CC(C)[C@@H](CN(C(=O)C(Cl)Cl)c1cccc(-c2ccno2)c1)NC(=O)[C@H](N)c1ccccc1. The molecule has 0 saturated carbocycles. The van der Waals surface area contributed by atoms with Crippen LogP contribution in [0, 0.1) is 5.92 Å². The molecule has 0 saturated heterocycles. The molecule has 9 heteroatoms. The Bertz CT molecular complexity index is 1060. The van der Waals surface area contributed by atoms with Crippen LogP contribution >= 0.6 is 23.2 Å². The lowest BCUT2D eigenvalue weighted by atomic mass is 10.0. The number of hydrogen-bond acceptors (Lipinski definition) is 5. The van der Waals surface area contributed by atoms with Gasteiger partial charge < -0.3 is 20.5 Å². The van der Waals surface area contributed by atoms with Gasteiger partial charge in [0.2, 0.25) is 5.91 Å². The fraction of sp³-hybridized carbons (Fsp3) is 0.292. The van der Waals surface area contributed by atoms with Gasteiger partial charge in [-0.25, -0.2) is 0 Å². The molecule has 1 heterocycles. The first-order chi connectivity index (χ1) is 15.8. The Hall–Kier alpha value is -2.87. The summed E-state index contributed by atoms with van der Waals surface area (Å²) < 4.78 is 5.23. The van der Waals surface area contributed by atoms with Crippen molar-refractivity contribution in [2.24, 2.45) is 11.7 Å². The van der Waals surface area contributed by atoms with Crippen LogP contribution in [0.2, 0.25) is 0 Å². The van der Waals surface area contributed by atoms with Crippen molar-refractivity contribution in [1.29, 1.82) is 0 Å². The smallest absolute Gasteiger partial charge is 0.260 e. The molecule has 2 aromatic carbocycles. The molecule has 0 spiro atoms. The van der Waals surface area contributed by atoms with E-state index in [2.05, 4.69) is 10.5 Å². The van der Waals surface area contributed by atoms with E-state index >= 15 is 0 Å². The molecule has 2 atom stereocenters. The zero-order valence-electron chi connectivity index (χ0n) is 18.3. The van der Waals surface area contributed by atoms with Crippen LogP contribution in [0.4, 0.5) is 5.69 Å². The summed E-state index contributed by atoms with van der Waals surface area (Å²) in [6.07, 6.45) is 1.54. The van der Waals surface area contributed by atoms with Gasteiger partial charge in [0.05, 0.1) is 6.20 Å². The average molecular weight is 489 g/mol. The van der Waals surface area contributed by atoms with Gasteiger partial charge in [-0.2, -0.15) is 0 Å². The number of amides is 2. The summed E-state index contributed by atoms with van der Waals surface area (Å²) in [5.74, 6) is -0.287. The predicted molar refractivity (Wildman–Crippen MR) is 130 cm³/mol. The summed E-state index contributed by atoms with van der Waals surface area (Å²) in [7, 11) is 0. The third-order valence-electron chi connectivity index (χ3n) is 5.29. The van der Waals surface area contributed by atoms with Gasteiger partial charge in [-0.3, -0.25) is 9.59 Å². The first-order valence-corrected chi connectivity index (χ1v) is 11.4. The maximum atomic E-state index is 12.9. The Morgan fingerprint density at radius 2 is 1.82 bits per heavy atom. The van der Waals surface area contributed by atoms with Crippen molar-refractivity contribution in [3.05, 3.63) is 72.4 Å². The summed E-state index contributed by atoms with van der Waals surface area (Å²) in [6.45, 7) is 4.05. The second kappa shape index (κ2) is 11.3. The molecule has 3 aromatic rings. The average Bonchev–Trinajstić information content (AvgIpc) is 3.36. The van der Waals surface area contributed by atoms with Crippen LogP contribution in [-0.2, 0) is 9.59 Å². The molecule has 0 unspecified atom stereocenters. The highest BCUT2D eigenvalue weighted by Crippen LogP contribution is 2.27. The Morgan fingerprint density at radius 3 is 2.42 bits per heavy atom. The molecule has 7 nitrogen and oxygen atoms in total. The van der Waals surface area contributed by atoms with E-state index in [0.717, 1.165) is 5.56 Å². The number of hydrogen-bond donors (Lipinski definition) is 2. The highest BCUT2D eigenvalue weighted by molar-refractivity contribution is 6.54. The van der Waals surface area contributed by atoms with Gasteiger partial charge in [0.25, 0.3) is 5.91 Å². The van der Waals surface area contributed by atoms with Gasteiger partial charge in [0, 0.05) is 29.9 Å². The number of halogens is 2. The zero-order valence-corrected chi connectivity index (χ0v) is 19.8. The predicted octanol–water partition coefficient (Wildman–Crippen LogP) is 4.32. The van der Waals surface area contributed by atoms with Crippen LogP contribution in [0.1, 0.15) is 25.5 Å².